The van der Waals surface area contributed by atoms with E-state index in [1.807, 2.05) is 0 Å². The number of ether oxygens (including phenoxy) is 7. The molecule has 0 aromatic rings. The van der Waals surface area contributed by atoms with Gasteiger partial charge >= 0.3 is 18.5 Å². The van der Waals surface area contributed by atoms with Crippen molar-refractivity contribution in [3.05, 3.63) is 0 Å². The SMILES string of the molecule is OCCCOCC(O)COCC(O)COCC(F)(F)OC(F)(F)OC(F)(F)COCCOCC(O)CCC1CCC(O)C1. The molecule has 0 saturated heterocycles. The van der Waals surface area contributed by atoms with E-state index in [2.05, 4.69) is 18.9 Å². The van der Waals surface area contributed by atoms with Crippen LogP contribution in [0.5, 0.6) is 0 Å². The van der Waals surface area contributed by atoms with E-state index >= 15 is 0 Å². The van der Waals surface area contributed by atoms with E-state index < -0.39 is 69.9 Å². The zero-order chi connectivity index (χ0) is 32.4. The number of aliphatic hydroxyl groups excluding tert-OH is 5. The molecule has 5 unspecified atom stereocenters. The minimum Gasteiger partial charge on any atom is -0.396 e. The van der Waals surface area contributed by atoms with Gasteiger partial charge in [-0.25, -0.2) is 9.47 Å². The third-order valence-corrected chi connectivity index (χ3v) is 5.87. The van der Waals surface area contributed by atoms with Gasteiger partial charge in [0, 0.05) is 13.2 Å². The first-order valence-electron chi connectivity index (χ1n) is 13.9. The summed E-state index contributed by atoms with van der Waals surface area (Å²) in [6.07, 6.45) is -15.0. The molecule has 1 fully saturated rings. The lowest BCUT2D eigenvalue weighted by Crippen LogP contribution is -2.44. The van der Waals surface area contributed by atoms with Gasteiger partial charge in [-0.15, -0.1) is 8.78 Å². The highest BCUT2D eigenvalue weighted by molar-refractivity contribution is 4.75. The fourth-order valence-electron chi connectivity index (χ4n) is 3.91. The average molecular weight is 651 g/mol. The van der Waals surface area contributed by atoms with Crippen LogP contribution in [0.15, 0.2) is 0 Å². The smallest absolute Gasteiger partial charge is 0.396 e. The zero-order valence-corrected chi connectivity index (χ0v) is 23.8. The van der Waals surface area contributed by atoms with E-state index in [0.717, 1.165) is 12.8 Å². The Hall–Kier alpha value is -0.900. The van der Waals surface area contributed by atoms with Crippen molar-refractivity contribution >= 4 is 0 Å². The van der Waals surface area contributed by atoms with Crippen molar-refractivity contribution in [2.45, 2.75) is 81.5 Å². The van der Waals surface area contributed by atoms with Crippen LogP contribution in [0.4, 0.5) is 26.3 Å². The summed E-state index contributed by atoms with van der Waals surface area (Å²) in [6, 6.07) is 0. The number of hydrogen-bond donors (Lipinski definition) is 5. The van der Waals surface area contributed by atoms with Gasteiger partial charge in [0.15, 0.2) is 0 Å². The van der Waals surface area contributed by atoms with Gasteiger partial charge in [-0.05, 0) is 44.4 Å². The maximum Gasteiger partial charge on any atom is 0.495 e. The molecule has 1 rings (SSSR count). The van der Waals surface area contributed by atoms with Gasteiger partial charge in [0.2, 0.25) is 0 Å². The van der Waals surface area contributed by atoms with Crippen LogP contribution in [-0.2, 0) is 33.2 Å². The fraction of sp³-hybridized carbons (Fsp3) is 1.00. The predicted octanol–water partition coefficient (Wildman–Crippen LogP) is 1.24. The highest BCUT2D eigenvalue weighted by Crippen LogP contribution is 2.33. The summed E-state index contributed by atoms with van der Waals surface area (Å²) in [7, 11) is 0. The maximum atomic E-state index is 13.7. The van der Waals surface area contributed by atoms with Crippen molar-refractivity contribution in [3.8, 4) is 0 Å². The minimum absolute atomic E-state index is 0.0889. The summed E-state index contributed by atoms with van der Waals surface area (Å²) in [5.74, 6) is 0.310. The Morgan fingerprint density at radius 3 is 1.74 bits per heavy atom. The first-order valence-corrected chi connectivity index (χ1v) is 13.9. The molecule has 12 nitrogen and oxygen atoms in total. The molecule has 1 saturated carbocycles. The monoisotopic (exact) mass is 650 g/mol. The molecule has 5 N–H and O–H groups in total. The van der Waals surface area contributed by atoms with Crippen molar-refractivity contribution in [1.82, 2.24) is 0 Å². The molecule has 1 aliphatic carbocycles. The number of aliphatic hydroxyl groups is 5. The van der Waals surface area contributed by atoms with Gasteiger partial charge in [0.25, 0.3) is 0 Å². The molecule has 0 aromatic carbocycles. The third-order valence-electron chi connectivity index (χ3n) is 5.87. The van der Waals surface area contributed by atoms with Crippen LogP contribution in [-0.4, -0.2) is 141 Å². The standard InChI is InChI=1S/C25H44F6O12/c26-23(27,16-39-9-8-38-11-20(34)5-3-18-2-4-19(33)10-18)42-25(30,31)43-24(28,29)17-41-15-22(36)14-40-13-21(35)12-37-7-1-6-32/h18-22,32-36H,1-17H2. The Morgan fingerprint density at radius 1 is 0.651 bits per heavy atom. The van der Waals surface area contributed by atoms with Crippen molar-refractivity contribution in [3.63, 3.8) is 0 Å². The molecule has 1 aliphatic rings. The van der Waals surface area contributed by atoms with Gasteiger partial charge in [-0.3, -0.25) is 0 Å². The Kier molecular flexibility index (Phi) is 19.6. The molecule has 0 radical (unpaired) electrons. The molecule has 0 aliphatic heterocycles. The molecule has 43 heavy (non-hydrogen) atoms. The number of hydrogen-bond acceptors (Lipinski definition) is 12. The maximum absolute atomic E-state index is 13.7. The minimum atomic E-state index is -5.45. The molecule has 0 bridgehead atoms. The summed E-state index contributed by atoms with van der Waals surface area (Å²) in [4.78, 5) is 0. The lowest BCUT2D eigenvalue weighted by Gasteiger charge is -2.26. The predicted molar refractivity (Wildman–Crippen MR) is 133 cm³/mol. The molecule has 0 aromatic heterocycles. The summed E-state index contributed by atoms with van der Waals surface area (Å²) in [5.41, 5.74) is 0. The summed E-state index contributed by atoms with van der Waals surface area (Å²) in [5, 5.41) is 47.2. The molecule has 0 amide bonds. The largest absolute Gasteiger partial charge is 0.495 e. The lowest BCUT2D eigenvalue weighted by molar-refractivity contribution is -0.518. The van der Waals surface area contributed by atoms with Gasteiger partial charge in [0.05, 0.1) is 58.5 Å². The van der Waals surface area contributed by atoms with Gasteiger partial charge < -0.3 is 49.2 Å². The van der Waals surface area contributed by atoms with E-state index in [0.29, 0.717) is 31.6 Å². The van der Waals surface area contributed by atoms with Crippen LogP contribution >= 0.6 is 0 Å². The van der Waals surface area contributed by atoms with E-state index in [1.54, 1.807) is 0 Å². The average Bonchev–Trinajstić information content (AvgIpc) is 3.30. The molecular weight excluding hydrogens is 606 g/mol. The normalized spacial score (nSPS) is 20.4. The third kappa shape index (κ3) is 21.5. The number of rotatable bonds is 27. The van der Waals surface area contributed by atoms with Crippen molar-refractivity contribution in [2.24, 2.45) is 5.92 Å². The van der Waals surface area contributed by atoms with Crippen LogP contribution in [0.25, 0.3) is 0 Å². The summed E-state index contributed by atoms with van der Waals surface area (Å²) in [6.45, 7) is -6.09. The first-order chi connectivity index (χ1) is 20.1. The first kappa shape index (κ1) is 40.1. The second-order valence-corrected chi connectivity index (χ2v) is 10.1. The van der Waals surface area contributed by atoms with Crippen molar-refractivity contribution in [2.75, 3.05) is 72.7 Å². The lowest BCUT2D eigenvalue weighted by atomic mass is 10.00. The Balaban J connectivity index is 2.18. The highest BCUT2D eigenvalue weighted by atomic mass is 19.3. The molecular formula is C25H44F6O12. The molecule has 0 heterocycles. The quantitative estimate of drug-likeness (QED) is 0.0492. The van der Waals surface area contributed by atoms with Gasteiger partial charge in [0.1, 0.15) is 25.4 Å². The molecule has 5 atom stereocenters. The Bertz CT molecular complexity index is 712. The van der Waals surface area contributed by atoms with Crippen LogP contribution in [0, 0.1) is 5.92 Å². The number of alkyl halides is 6. The van der Waals surface area contributed by atoms with Crippen molar-refractivity contribution in [1.29, 1.82) is 0 Å². The highest BCUT2D eigenvalue weighted by Gasteiger charge is 2.52. The molecule has 18 heteroatoms. The summed E-state index contributed by atoms with van der Waals surface area (Å²) >= 11 is 0. The molecule has 258 valence electrons. The molecule has 0 spiro atoms. The summed E-state index contributed by atoms with van der Waals surface area (Å²) < 4.78 is 112. The van der Waals surface area contributed by atoms with Gasteiger partial charge in [-0.2, -0.15) is 17.6 Å². The van der Waals surface area contributed by atoms with Crippen LogP contribution in [0.2, 0.25) is 0 Å². The van der Waals surface area contributed by atoms with Crippen LogP contribution < -0.4 is 0 Å². The van der Waals surface area contributed by atoms with E-state index in [4.69, 9.17) is 19.3 Å². The van der Waals surface area contributed by atoms with E-state index in [9.17, 15) is 46.8 Å². The topological polar surface area (TPSA) is 166 Å². The van der Waals surface area contributed by atoms with Gasteiger partial charge in [-0.1, -0.05) is 0 Å². The zero-order valence-electron chi connectivity index (χ0n) is 23.8. The van der Waals surface area contributed by atoms with Crippen LogP contribution in [0.1, 0.15) is 38.5 Å². The second-order valence-electron chi connectivity index (χ2n) is 10.1. The van der Waals surface area contributed by atoms with E-state index in [1.165, 1.54) is 0 Å². The fourth-order valence-corrected chi connectivity index (χ4v) is 3.91. The van der Waals surface area contributed by atoms with Crippen molar-refractivity contribution < 1.29 is 85.0 Å². The Labute approximate surface area is 245 Å². The van der Waals surface area contributed by atoms with E-state index in [-0.39, 0.29) is 45.7 Å². The number of halogens is 6. The van der Waals surface area contributed by atoms with Crippen LogP contribution in [0.3, 0.4) is 0 Å². The Morgan fingerprint density at radius 2 is 1.16 bits per heavy atom. The second kappa shape index (κ2) is 21.0.